The van der Waals surface area contributed by atoms with Crippen LogP contribution >= 0.6 is 0 Å². The molecule has 26 heavy (non-hydrogen) atoms. The van der Waals surface area contributed by atoms with E-state index in [4.69, 9.17) is 4.74 Å². The highest BCUT2D eigenvalue weighted by Gasteiger charge is 2.22. The van der Waals surface area contributed by atoms with Crippen molar-refractivity contribution in [3.05, 3.63) is 35.9 Å². The monoisotopic (exact) mass is 361 g/mol. The molecule has 1 unspecified atom stereocenters. The van der Waals surface area contributed by atoms with Gasteiger partial charge in [-0.2, -0.15) is 0 Å². The molecular weight excluding hydrogens is 330 g/mol. The molecule has 1 atom stereocenters. The molecule has 1 aliphatic rings. The minimum absolute atomic E-state index is 0.000536. The Morgan fingerprint density at radius 1 is 1.19 bits per heavy atom. The van der Waals surface area contributed by atoms with E-state index in [-0.39, 0.29) is 24.3 Å². The first-order valence-electron chi connectivity index (χ1n) is 9.27. The van der Waals surface area contributed by atoms with E-state index in [0.717, 1.165) is 19.6 Å². The summed E-state index contributed by atoms with van der Waals surface area (Å²) in [6.07, 6.45) is 0.281. The Hall–Kier alpha value is -1.92. The highest BCUT2D eigenvalue weighted by molar-refractivity contribution is 5.82. The maximum absolute atomic E-state index is 12.0. The molecule has 0 bridgehead atoms. The van der Waals surface area contributed by atoms with Gasteiger partial charge in [-0.25, -0.2) is 0 Å². The lowest BCUT2D eigenvalue weighted by Crippen LogP contribution is -2.47. The Bertz CT molecular complexity index is 584. The molecule has 0 radical (unpaired) electrons. The van der Waals surface area contributed by atoms with Gasteiger partial charge in [0.05, 0.1) is 12.7 Å². The summed E-state index contributed by atoms with van der Waals surface area (Å²) in [6, 6.07) is 10.4. The number of morpholine rings is 1. The summed E-state index contributed by atoms with van der Waals surface area (Å²) in [5, 5.41) is 5.69. The van der Waals surface area contributed by atoms with Gasteiger partial charge in [0, 0.05) is 44.6 Å². The van der Waals surface area contributed by atoms with Crippen LogP contribution in [0.5, 0.6) is 0 Å². The molecule has 1 aromatic rings. The number of hydrogen-bond donors (Lipinski definition) is 2. The van der Waals surface area contributed by atoms with E-state index in [2.05, 4.69) is 27.7 Å². The minimum Gasteiger partial charge on any atom is -0.374 e. The predicted octanol–water partition coefficient (Wildman–Crippen LogP) is 1.56. The fraction of sp³-hybridized carbons (Fsp3) is 0.600. The lowest BCUT2D eigenvalue weighted by atomic mass is 9.96. The first kappa shape index (κ1) is 20.4. The van der Waals surface area contributed by atoms with Crippen molar-refractivity contribution in [3.8, 4) is 0 Å². The Balaban J connectivity index is 1.65. The molecule has 0 spiro atoms. The van der Waals surface area contributed by atoms with Crippen molar-refractivity contribution in [2.75, 3.05) is 32.8 Å². The molecule has 0 saturated carbocycles. The smallest absolute Gasteiger partial charge is 0.225 e. The van der Waals surface area contributed by atoms with Crippen molar-refractivity contribution in [1.29, 1.82) is 0 Å². The average molecular weight is 361 g/mol. The van der Waals surface area contributed by atoms with Gasteiger partial charge in [-0.05, 0) is 5.56 Å². The van der Waals surface area contributed by atoms with Crippen LogP contribution in [0.3, 0.4) is 0 Å². The van der Waals surface area contributed by atoms with E-state index in [1.165, 1.54) is 5.56 Å². The van der Waals surface area contributed by atoms with Crippen molar-refractivity contribution in [1.82, 2.24) is 15.5 Å². The van der Waals surface area contributed by atoms with Crippen molar-refractivity contribution < 1.29 is 14.3 Å². The summed E-state index contributed by atoms with van der Waals surface area (Å²) >= 11 is 0. The van der Waals surface area contributed by atoms with Gasteiger partial charge in [0.25, 0.3) is 0 Å². The molecule has 2 amide bonds. The number of carbonyl (C=O) groups excluding carboxylic acids is 2. The van der Waals surface area contributed by atoms with Gasteiger partial charge in [-0.15, -0.1) is 0 Å². The number of nitrogens with one attached hydrogen (secondary N) is 2. The Morgan fingerprint density at radius 3 is 2.62 bits per heavy atom. The highest BCUT2D eigenvalue weighted by atomic mass is 16.5. The van der Waals surface area contributed by atoms with E-state index in [0.29, 0.717) is 19.7 Å². The summed E-state index contributed by atoms with van der Waals surface area (Å²) in [6.45, 7) is 9.68. The zero-order valence-corrected chi connectivity index (χ0v) is 16.1. The molecule has 1 fully saturated rings. The summed E-state index contributed by atoms with van der Waals surface area (Å²) in [7, 11) is 0. The summed E-state index contributed by atoms with van der Waals surface area (Å²) in [5.41, 5.74) is 0.848. The summed E-state index contributed by atoms with van der Waals surface area (Å²) < 4.78 is 5.76. The van der Waals surface area contributed by atoms with Crippen LogP contribution in [0.15, 0.2) is 30.3 Å². The van der Waals surface area contributed by atoms with Gasteiger partial charge in [-0.1, -0.05) is 51.1 Å². The molecule has 144 valence electrons. The highest BCUT2D eigenvalue weighted by Crippen LogP contribution is 2.12. The Kier molecular flexibility index (Phi) is 7.60. The summed E-state index contributed by atoms with van der Waals surface area (Å²) in [4.78, 5) is 26.1. The van der Waals surface area contributed by atoms with Gasteiger partial charge >= 0.3 is 0 Å². The van der Waals surface area contributed by atoms with E-state index in [1.54, 1.807) is 0 Å². The van der Waals surface area contributed by atoms with Gasteiger partial charge in [-0.3, -0.25) is 14.5 Å². The van der Waals surface area contributed by atoms with E-state index in [9.17, 15) is 9.59 Å². The number of carbonyl (C=O) groups is 2. The molecule has 1 aromatic carbocycles. The van der Waals surface area contributed by atoms with Gasteiger partial charge < -0.3 is 15.4 Å². The van der Waals surface area contributed by atoms with Crippen molar-refractivity contribution in [3.63, 3.8) is 0 Å². The van der Waals surface area contributed by atoms with Gasteiger partial charge in [0.2, 0.25) is 11.8 Å². The van der Waals surface area contributed by atoms with Crippen LogP contribution in [-0.4, -0.2) is 55.6 Å². The molecular formula is C20H31N3O3. The number of nitrogens with zero attached hydrogens (tertiary/aromatic N) is 1. The van der Waals surface area contributed by atoms with Crippen LogP contribution in [0.25, 0.3) is 0 Å². The molecule has 0 aliphatic carbocycles. The zero-order valence-electron chi connectivity index (χ0n) is 16.1. The largest absolute Gasteiger partial charge is 0.374 e. The topological polar surface area (TPSA) is 70.7 Å². The van der Waals surface area contributed by atoms with Gasteiger partial charge in [0.15, 0.2) is 0 Å². The molecule has 1 aliphatic heterocycles. The number of benzene rings is 1. The first-order valence-corrected chi connectivity index (χ1v) is 9.27. The van der Waals surface area contributed by atoms with Gasteiger partial charge in [0.1, 0.15) is 0 Å². The third kappa shape index (κ3) is 7.14. The molecule has 1 heterocycles. The third-order valence-corrected chi connectivity index (χ3v) is 4.32. The summed E-state index contributed by atoms with van der Waals surface area (Å²) in [5.74, 6) is -0.111. The second-order valence-corrected chi connectivity index (χ2v) is 7.77. The SMILES string of the molecule is CC(C)(C)C(=O)NCCC(=O)NCC1CN(Cc2ccccc2)CCO1. The van der Waals surface area contributed by atoms with Crippen LogP contribution in [0.1, 0.15) is 32.8 Å². The predicted molar refractivity (Wildman–Crippen MR) is 102 cm³/mol. The maximum atomic E-state index is 12.0. The zero-order chi connectivity index (χ0) is 19.0. The second kappa shape index (κ2) is 9.69. The number of ether oxygens (including phenoxy) is 1. The lowest BCUT2D eigenvalue weighted by molar-refractivity contribution is -0.128. The molecule has 0 aromatic heterocycles. The van der Waals surface area contributed by atoms with Crippen LogP contribution in [-0.2, 0) is 20.9 Å². The Labute approximate surface area is 156 Å². The fourth-order valence-corrected chi connectivity index (χ4v) is 2.76. The molecule has 1 saturated heterocycles. The normalized spacial score (nSPS) is 18.3. The Morgan fingerprint density at radius 2 is 1.92 bits per heavy atom. The average Bonchev–Trinajstić information content (AvgIpc) is 2.60. The number of hydrogen-bond acceptors (Lipinski definition) is 4. The van der Waals surface area contributed by atoms with Crippen molar-refractivity contribution in [2.45, 2.75) is 39.8 Å². The first-order chi connectivity index (χ1) is 12.3. The molecule has 6 heteroatoms. The van der Waals surface area contributed by atoms with Crippen LogP contribution in [0, 0.1) is 5.41 Å². The minimum atomic E-state index is -0.436. The quantitative estimate of drug-likeness (QED) is 0.773. The van der Waals surface area contributed by atoms with Crippen LogP contribution < -0.4 is 10.6 Å². The fourth-order valence-electron chi connectivity index (χ4n) is 2.76. The standard InChI is InChI=1S/C20H31N3O3/c1-20(2,3)19(25)21-10-9-18(24)22-13-17-15-23(11-12-26-17)14-16-7-5-4-6-8-16/h4-8,17H,9-15H2,1-3H3,(H,21,25)(H,22,24). The molecule has 2 rings (SSSR count). The molecule has 6 nitrogen and oxygen atoms in total. The van der Waals surface area contributed by atoms with E-state index in [1.807, 2.05) is 39.0 Å². The second-order valence-electron chi connectivity index (χ2n) is 7.77. The third-order valence-electron chi connectivity index (χ3n) is 4.32. The van der Waals surface area contributed by atoms with Crippen molar-refractivity contribution in [2.24, 2.45) is 5.41 Å². The van der Waals surface area contributed by atoms with Crippen LogP contribution in [0.2, 0.25) is 0 Å². The maximum Gasteiger partial charge on any atom is 0.225 e. The number of amides is 2. The van der Waals surface area contributed by atoms with Crippen molar-refractivity contribution >= 4 is 11.8 Å². The van der Waals surface area contributed by atoms with E-state index >= 15 is 0 Å². The van der Waals surface area contributed by atoms with Crippen LogP contribution in [0.4, 0.5) is 0 Å². The molecule has 2 N–H and O–H groups in total. The number of rotatable bonds is 7. The van der Waals surface area contributed by atoms with E-state index < -0.39 is 5.41 Å². The lowest BCUT2D eigenvalue weighted by Gasteiger charge is -2.33.